The molecule has 0 heterocycles. The van der Waals surface area contributed by atoms with E-state index in [-0.39, 0.29) is 6.10 Å². The summed E-state index contributed by atoms with van der Waals surface area (Å²) >= 11 is 0. The molecule has 0 saturated carbocycles. The van der Waals surface area contributed by atoms with Crippen molar-refractivity contribution in [2.45, 2.75) is 40.3 Å². The van der Waals surface area contributed by atoms with Gasteiger partial charge in [-0.15, -0.1) is 0 Å². The molecule has 106 valence electrons. The molecule has 2 aromatic carbocycles. The fourth-order valence-corrected chi connectivity index (χ4v) is 2.20. The zero-order valence-electron chi connectivity index (χ0n) is 12.7. The molecule has 2 aromatic rings. The lowest BCUT2D eigenvalue weighted by atomic mass is 10.1. The molecule has 0 radical (unpaired) electrons. The van der Waals surface area contributed by atoms with Gasteiger partial charge in [0.15, 0.2) is 0 Å². The van der Waals surface area contributed by atoms with E-state index in [2.05, 4.69) is 43.4 Å². The quantitative estimate of drug-likeness (QED) is 0.849. The van der Waals surface area contributed by atoms with E-state index in [1.165, 1.54) is 16.7 Å². The van der Waals surface area contributed by atoms with Crippen LogP contribution in [0.4, 0.5) is 5.69 Å². The van der Waals surface area contributed by atoms with Crippen molar-refractivity contribution in [1.29, 1.82) is 0 Å². The summed E-state index contributed by atoms with van der Waals surface area (Å²) in [6.45, 7) is 9.17. The Morgan fingerprint density at radius 3 is 2.50 bits per heavy atom. The number of ether oxygens (including phenoxy) is 1. The summed E-state index contributed by atoms with van der Waals surface area (Å²) in [5.41, 5.74) is 4.98. The Morgan fingerprint density at radius 1 is 1.05 bits per heavy atom. The predicted molar refractivity (Wildman–Crippen MR) is 85.4 cm³/mol. The summed E-state index contributed by atoms with van der Waals surface area (Å²) in [6.07, 6.45) is 0.180. The van der Waals surface area contributed by atoms with Crippen LogP contribution in [0.1, 0.15) is 30.5 Å². The van der Waals surface area contributed by atoms with Crippen molar-refractivity contribution >= 4 is 5.69 Å². The van der Waals surface area contributed by atoms with Gasteiger partial charge in [-0.25, -0.2) is 0 Å². The van der Waals surface area contributed by atoms with Crippen molar-refractivity contribution in [2.24, 2.45) is 0 Å². The third-order valence-corrected chi connectivity index (χ3v) is 3.22. The molecule has 0 aliphatic rings. The molecule has 0 aromatic heterocycles. The maximum atomic E-state index is 5.82. The average molecular weight is 269 g/mol. The molecule has 0 aliphatic carbocycles. The molecule has 0 unspecified atom stereocenters. The van der Waals surface area contributed by atoms with Crippen molar-refractivity contribution in [3.05, 3.63) is 59.2 Å². The molecule has 0 fully saturated rings. The van der Waals surface area contributed by atoms with Gasteiger partial charge in [0, 0.05) is 6.54 Å². The molecule has 2 rings (SSSR count). The van der Waals surface area contributed by atoms with E-state index < -0.39 is 0 Å². The summed E-state index contributed by atoms with van der Waals surface area (Å²) < 4.78 is 5.82. The standard InChI is InChI=1S/C18H23NO/c1-13(2)20-18-8-6-5-7-17(18)19-12-16-10-9-14(3)11-15(16)4/h5-11,13,19H,12H2,1-4H3. The molecule has 20 heavy (non-hydrogen) atoms. The van der Waals surface area contributed by atoms with E-state index in [0.29, 0.717) is 0 Å². The second-order valence-electron chi connectivity index (χ2n) is 5.45. The minimum atomic E-state index is 0.180. The van der Waals surface area contributed by atoms with Crippen molar-refractivity contribution in [3.8, 4) is 5.75 Å². The maximum absolute atomic E-state index is 5.82. The van der Waals surface area contributed by atoms with Crippen molar-refractivity contribution in [1.82, 2.24) is 0 Å². The van der Waals surface area contributed by atoms with Gasteiger partial charge in [0.1, 0.15) is 5.75 Å². The van der Waals surface area contributed by atoms with Gasteiger partial charge in [0.2, 0.25) is 0 Å². The van der Waals surface area contributed by atoms with Gasteiger partial charge < -0.3 is 10.1 Å². The summed E-state index contributed by atoms with van der Waals surface area (Å²) in [7, 11) is 0. The van der Waals surface area contributed by atoms with Crippen LogP contribution in [0.2, 0.25) is 0 Å². The molecular formula is C18H23NO. The van der Waals surface area contributed by atoms with Gasteiger partial charge in [-0.1, -0.05) is 35.9 Å². The average Bonchev–Trinajstić information content (AvgIpc) is 2.39. The number of hydrogen-bond donors (Lipinski definition) is 1. The topological polar surface area (TPSA) is 21.3 Å². The van der Waals surface area contributed by atoms with E-state index >= 15 is 0 Å². The zero-order chi connectivity index (χ0) is 14.5. The second-order valence-corrected chi connectivity index (χ2v) is 5.45. The molecular weight excluding hydrogens is 246 g/mol. The molecule has 0 bridgehead atoms. The maximum Gasteiger partial charge on any atom is 0.142 e. The fraction of sp³-hybridized carbons (Fsp3) is 0.333. The van der Waals surface area contributed by atoms with E-state index in [4.69, 9.17) is 4.74 Å². The lowest BCUT2D eigenvalue weighted by Gasteiger charge is -2.16. The van der Waals surface area contributed by atoms with E-state index in [0.717, 1.165) is 18.0 Å². The van der Waals surface area contributed by atoms with Crippen molar-refractivity contribution < 1.29 is 4.74 Å². The lowest BCUT2D eigenvalue weighted by molar-refractivity contribution is 0.243. The number of anilines is 1. The third kappa shape index (κ3) is 3.77. The Balaban J connectivity index is 2.10. The van der Waals surface area contributed by atoms with Crippen molar-refractivity contribution in [2.75, 3.05) is 5.32 Å². The zero-order valence-corrected chi connectivity index (χ0v) is 12.7. The predicted octanol–water partition coefficient (Wildman–Crippen LogP) is 4.70. The van der Waals surface area contributed by atoms with E-state index in [1.54, 1.807) is 0 Å². The van der Waals surface area contributed by atoms with Crippen LogP contribution in [0, 0.1) is 13.8 Å². The van der Waals surface area contributed by atoms with Gasteiger partial charge in [0.25, 0.3) is 0 Å². The van der Waals surface area contributed by atoms with Gasteiger partial charge in [-0.3, -0.25) is 0 Å². The Morgan fingerprint density at radius 2 is 1.80 bits per heavy atom. The highest BCUT2D eigenvalue weighted by molar-refractivity contribution is 5.56. The first-order valence-electron chi connectivity index (χ1n) is 7.12. The summed E-state index contributed by atoms with van der Waals surface area (Å²) in [6, 6.07) is 14.6. The van der Waals surface area contributed by atoms with Crippen molar-refractivity contribution in [3.63, 3.8) is 0 Å². The number of hydrogen-bond acceptors (Lipinski definition) is 2. The van der Waals surface area contributed by atoms with Crippen LogP contribution >= 0.6 is 0 Å². The van der Waals surface area contributed by atoms with Gasteiger partial charge in [0.05, 0.1) is 11.8 Å². The number of para-hydroxylation sites is 2. The lowest BCUT2D eigenvalue weighted by Crippen LogP contribution is -2.09. The largest absolute Gasteiger partial charge is 0.489 e. The highest BCUT2D eigenvalue weighted by atomic mass is 16.5. The van der Waals surface area contributed by atoms with Gasteiger partial charge in [-0.05, 0) is 51.0 Å². The first-order chi connectivity index (χ1) is 9.56. The van der Waals surface area contributed by atoms with E-state index in [1.807, 2.05) is 32.0 Å². The second kappa shape index (κ2) is 6.47. The molecule has 2 nitrogen and oxygen atoms in total. The van der Waals surface area contributed by atoms with Gasteiger partial charge >= 0.3 is 0 Å². The third-order valence-electron chi connectivity index (χ3n) is 3.22. The van der Waals surface area contributed by atoms with Crippen LogP contribution in [-0.4, -0.2) is 6.10 Å². The highest BCUT2D eigenvalue weighted by Crippen LogP contribution is 2.25. The first kappa shape index (κ1) is 14.4. The van der Waals surface area contributed by atoms with Crippen LogP contribution < -0.4 is 10.1 Å². The Labute approximate surface area is 121 Å². The number of rotatable bonds is 5. The molecule has 0 saturated heterocycles. The Bertz CT molecular complexity index is 575. The van der Waals surface area contributed by atoms with Crippen LogP contribution in [0.5, 0.6) is 5.75 Å². The molecule has 0 spiro atoms. The van der Waals surface area contributed by atoms with Crippen LogP contribution in [0.3, 0.4) is 0 Å². The number of aryl methyl sites for hydroxylation is 2. The molecule has 0 amide bonds. The smallest absolute Gasteiger partial charge is 0.142 e. The summed E-state index contributed by atoms with van der Waals surface area (Å²) in [5.74, 6) is 0.910. The molecule has 1 N–H and O–H groups in total. The monoisotopic (exact) mass is 269 g/mol. The number of nitrogens with one attached hydrogen (secondary N) is 1. The van der Waals surface area contributed by atoms with Crippen LogP contribution in [0.25, 0.3) is 0 Å². The Hall–Kier alpha value is -1.96. The normalized spacial score (nSPS) is 10.7. The Kier molecular flexibility index (Phi) is 4.67. The van der Waals surface area contributed by atoms with E-state index in [9.17, 15) is 0 Å². The minimum absolute atomic E-state index is 0.180. The molecule has 2 heteroatoms. The van der Waals surface area contributed by atoms with Crippen LogP contribution in [-0.2, 0) is 6.54 Å². The summed E-state index contributed by atoms with van der Waals surface area (Å²) in [5, 5.41) is 3.47. The fourth-order valence-electron chi connectivity index (χ4n) is 2.20. The van der Waals surface area contributed by atoms with Gasteiger partial charge in [-0.2, -0.15) is 0 Å². The number of benzene rings is 2. The molecule has 0 aliphatic heterocycles. The highest BCUT2D eigenvalue weighted by Gasteiger charge is 2.05. The minimum Gasteiger partial charge on any atom is -0.489 e. The van der Waals surface area contributed by atoms with Crippen LogP contribution in [0.15, 0.2) is 42.5 Å². The first-order valence-corrected chi connectivity index (χ1v) is 7.12. The SMILES string of the molecule is Cc1ccc(CNc2ccccc2OC(C)C)c(C)c1. The molecule has 0 atom stereocenters. The summed E-state index contributed by atoms with van der Waals surface area (Å²) in [4.78, 5) is 0.